The molecular formula is C23H22O2. The highest BCUT2D eigenvalue weighted by Gasteiger charge is 2.42. The summed E-state index contributed by atoms with van der Waals surface area (Å²) < 4.78 is 12.3. The molecule has 0 N–H and O–H groups in total. The topological polar surface area (TPSA) is 21.8 Å². The number of epoxide rings is 1. The smallest absolute Gasteiger partial charge is 0.143 e. The van der Waals surface area contributed by atoms with Crippen LogP contribution in [0, 0.1) is 0 Å². The van der Waals surface area contributed by atoms with Gasteiger partial charge in [-0.2, -0.15) is 0 Å². The summed E-state index contributed by atoms with van der Waals surface area (Å²) >= 11 is 0. The fraction of sp³-hybridized carbons (Fsp3) is 0.217. The molecule has 4 rings (SSSR count). The second kappa shape index (κ2) is 6.83. The van der Waals surface area contributed by atoms with Crippen LogP contribution in [0.25, 0.3) is 0 Å². The minimum Gasteiger partial charge on any atom is -0.367 e. The van der Waals surface area contributed by atoms with Gasteiger partial charge in [-0.25, -0.2) is 0 Å². The van der Waals surface area contributed by atoms with E-state index in [0.717, 1.165) is 16.7 Å². The molecule has 1 heterocycles. The molecule has 1 aliphatic heterocycles. The lowest BCUT2D eigenvalue weighted by atomic mass is 9.80. The minimum atomic E-state index is -0.643. The Hall–Kier alpha value is -2.42. The Balaban J connectivity index is 1.87. The molecule has 25 heavy (non-hydrogen) atoms. The highest BCUT2D eigenvalue weighted by molar-refractivity contribution is 5.47. The van der Waals surface area contributed by atoms with Gasteiger partial charge in [-0.15, -0.1) is 0 Å². The first-order valence-electron chi connectivity index (χ1n) is 8.77. The summed E-state index contributed by atoms with van der Waals surface area (Å²) in [6.07, 6.45) is 0.454. The van der Waals surface area contributed by atoms with Gasteiger partial charge in [0.05, 0.1) is 12.7 Å². The number of rotatable bonds is 6. The fourth-order valence-corrected chi connectivity index (χ4v) is 3.38. The average Bonchev–Trinajstić information content (AvgIpc) is 3.40. The lowest BCUT2D eigenvalue weighted by Crippen LogP contribution is -2.34. The highest BCUT2D eigenvalue weighted by atomic mass is 16.6. The summed E-state index contributed by atoms with van der Waals surface area (Å²) in [6, 6.07) is 31.3. The van der Waals surface area contributed by atoms with Gasteiger partial charge in [0.25, 0.3) is 0 Å². The van der Waals surface area contributed by atoms with E-state index in [0.29, 0.717) is 6.61 Å². The number of ether oxygens (including phenoxy) is 2. The van der Waals surface area contributed by atoms with Gasteiger partial charge in [0.1, 0.15) is 11.7 Å². The van der Waals surface area contributed by atoms with E-state index >= 15 is 0 Å². The van der Waals surface area contributed by atoms with E-state index in [4.69, 9.17) is 9.47 Å². The summed E-state index contributed by atoms with van der Waals surface area (Å²) in [4.78, 5) is 0. The van der Waals surface area contributed by atoms with Gasteiger partial charge >= 0.3 is 0 Å². The van der Waals surface area contributed by atoms with Crippen molar-refractivity contribution in [1.82, 2.24) is 0 Å². The van der Waals surface area contributed by atoms with Crippen LogP contribution in [0.15, 0.2) is 91.0 Å². The van der Waals surface area contributed by atoms with Crippen LogP contribution in [0.5, 0.6) is 0 Å². The number of benzene rings is 3. The Labute approximate surface area is 149 Å². The molecule has 126 valence electrons. The van der Waals surface area contributed by atoms with Gasteiger partial charge < -0.3 is 9.47 Å². The molecule has 0 aromatic heterocycles. The van der Waals surface area contributed by atoms with E-state index in [1.807, 2.05) is 18.2 Å². The third-order valence-corrected chi connectivity index (χ3v) is 4.84. The molecule has 0 aliphatic carbocycles. The van der Waals surface area contributed by atoms with Crippen LogP contribution in [0.4, 0.5) is 0 Å². The van der Waals surface area contributed by atoms with Crippen molar-refractivity contribution >= 4 is 0 Å². The summed E-state index contributed by atoms with van der Waals surface area (Å²) in [6.45, 7) is 2.66. The first-order valence-corrected chi connectivity index (χ1v) is 8.77. The lowest BCUT2D eigenvalue weighted by molar-refractivity contribution is 0.00428. The maximum atomic E-state index is 6.66. The molecule has 0 bridgehead atoms. The quantitative estimate of drug-likeness (QED) is 0.479. The molecule has 2 heteroatoms. The van der Waals surface area contributed by atoms with E-state index in [2.05, 4.69) is 79.7 Å². The standard InChI is InChI=1S/C23H22O2/c1-18-22(25-18)17-24-23(19-11-5-2-6-12-19,20-13-7-3-8-14-20)21-15-9-4-10-16-21/h2-16,18,22H,17H2,1H3. The molecule has 0 spiro atoms. The third-order valence-electron chi connectivity index (χ3n) is 4.84. The second-order valence-electron chi connectivity index (χ2n) is 6.47. The van der Waals surface area contributed by atoms with Crippen LogP contribution in [0.3, 0.4) is 0 Å². The molecule has 1 saturated heterocycles. The Morgan fingerprint density at radius 1 is 0.720 bits per heavy atom. The van der Waals surface area contributed by atoms with Gasteiger partial charge in [0.2, 0.25) is 0 Å². The zero-order valence-corrected chi connectivity index (χ0v) is 14.3. The Morgan fingerprint density at radius 2 is 1.08 bits per heavy atom. The van der Waals surface area contributed by atoms with Crippen molar-refractivity contribution in [2.45, 2.75) is 24.7 Å². The predicted molar refractivity (Wildman–Crippen MR) is 99.5 cm³/mol. The molecule has 3 aromatic rings. The van der Waals surface area contributed by atoms with Crippen molar-refractivity contribution in [1.29, 1.82) is 0 Å². The third kappa shape index (κ3) is 3.11. The molecule has 0 amide bonds. The minimum absolute atomic E-state index is 0.176. The number of hydrogen-bond acceptors (Lipinski definition) is 2. The van der Waals surface area contributed by atoms with Gasteiger partial charge in [-0.3, -0.25) is 0 Å². The molecule has 2 unspecified atom stereocenters. The van der Waals surface area contributed by atoms with Crippen molar-refractivity contribution in [2.75, 3.05) is 6.61 Å². The highest BCUT2D eigenvalue weighted by Crippen LogP contribution is 2.41. The normalized spacial score (nSPS) is 19.6. The Bertz CT molecular complexity index is 703. The molecule has 2 atom stereocenters. The second-order valence-corrected chi connectivity index (χ2v) is 6.47. The summed E-state index contributed by atoms with van der Waals surface area (Å²) in [5.41, 5.74) is 2.73. The summed E-state index contributed by atoms with van der Waals surface area (Å²) in [7, 11) is 0. The van der Waals surface area contributed by atoms with E-state index < -0.39 is 5.60 Å². The molecule has 0 saturated carbocycles. The maximum absolute atomic E-state index is 6.66. The van der Waals surface area contributed by atoms with Crippen LogP contribution in [0.2, 0.25) is 0 Å². The van der Waals surface area contributed by atoms with Crippen LogP contribution in [0.1, 0.15) is 23.6 Å². The first kappa shape index (κ1) is 16.1. The van der Waals surface area contributed by atoms with Crippen LogP contribution < -0.4 is 0 Å². The lowest BCUT2D eigenvalue weighted by Gasteiger charge is -2.35. The van der Waals surface area contributed by atoms with E-state index in [1.165, 1.54) is 0 Å². The molecule has 0 radical (unpaired) electrons. The van der Waals surface area contributed by atoms with E-state index in [9.17, 15) is 0 Å². The van der Waals surface area contributed by atoms with Gasteiger partial charge in [-0.1, -0.05) is 91.0 Å². The van der Waals surface area contributed by atoms with Crippen molar-refractivity contribution < 1.29 is 9.47 Å². The van der Waals surface area contributed by atoms with Crippen LogP contribution >= 0.6 is 0 Å². The van der Waals surface area contributed by atoms with Crippen molar-refractivity contribution in [3.8, 4) is 0 Å². The van der Waals surface area contributed by atoms with Crippen molar-refractivity contribution in [3.63, 3.8) is 0 Å². The molecule has 1 aliphatic rings. The number of hydrogen-bond donors (Lipinski definition) is 0. The summed E-state index contributed by atoms with van der Waals surface area (Å²) in [5, 5.41) is 0. The van der Waals surface area contributed by atoms with Crippen molar-refractivity contribution in [3.05, 3.63) is 108 Å². The Morgan fingerprint density at radius 3 is 1.40 bits per heavy atom. The largest absolute Gasteiger partial charge is 0.367 e. The SMILES string of the molecule is CC1OC1COC(c1ccccc1)(c1ccccc1)c1ccccc1. The van der Waals surface area contributed by atoms with Crippen molar-refractivity contribution in [2.24, 2.45) is 0 Å². The maximum Gasteiger partial charge on any atom is 0.143 e. The van der Waals surface area contributed by atoms with Gasteiger partial charge in [0, 0.05) is 0 Å². The molecule has 1 fully saturated rings. The molecule has 2 nitrogen and oxygen atoms in total. The molecule has 3 aromatic carbocycles. The van der Waals surface area contributed by atoms with E-state index in [1.54, 1.807) is 0 Å². The predicted octanol–water partition coefficient (Wildman–Crippen LogP) is 4.78. The fourth-order valence-electron chi connectivity index (χ4n) is 3.38. The van der Waals surface area contributed by atoms with Gasteiger partial charge in [-0.05, 0) is 23.6 Å². The first-order chi connectivity index (χ1) is 12.3. The van der Waals surface area contributed by atoms with E-state index in [-0.39, 0.29) is 12.2 Å². The monoisotopic (exact) mass is 330 g/mol. The van der Waals surface area contributed by atoms with Crippen LogP contribution in [-0.2, 0) is 15.1 Å². The molecular weight excluding hydrogens is 308 g/mol. The van der Waals surface area contributed by atoms with Gasteiger partial charge in [0.15, 0.2) is 0 Å². The van der Waals surface area contributed by atoms with Crippen LogP contribution in [-0.4, -0.2) is 18.8 Å². The Kier molecular flexibility index (Phi) is 4.39. The summed E-state index contributed by atoms with van der Waals surface area (Å²) in [5.74, 6) is 0. The zero-order valence-electron chi connectivity index (χ0n) is 14.3. The average molecular weight is 330 g/mol. The zero-order chi connectivity index (χ0) is 17.1.